The predicted octanol–water partition coefficient (Wildman–Crippen LogP) is 2.08. The second kappa shape index (κ2) is 7.04. The zero-order chi connectivity index (χ0) is 18.0. The van der Waals surface area contributed by atoms with Crippen LogP contribution >= 0.6 is 0 Å². The number of rotatable bonds is 7. The summed E-state index contributed by atoms with van der Waals surface area (Å²) >= 11 is 0. The first-order valence-electron chi connectivity index (χ1n) is 7.47. The van der Waals surface area contributed by atoms with Gasteiger partial charge in [-0.3, -0.25) is 9.00 Å². The summed E-state index contributed by atoms with van der Waals surface area (Å²) in [5, 5.41) is 2.45. The molecule has 1 aliphatic rings. The lowest BCUT2D eigenvalue weighted by molar-refractivity contribution is -0.137. The Labute approximate surface area is 139 Å². The molecule has 24 heavy (non-hydrogen) atoms. The van der Waals surface area contributed by atoms with Gasteiger partial charge in [-0.15, -0.1) is 0 Å². The first-order chi connectivity index (χ1) is 11.2. The lowest BCUT2D eigenvalue weighted by Crippen LogP contribution is -2.42. The van der Waals surface area contributed by atoms with Crippen LogP contribution in [0.25, 0.3) is 0 Å². The second-order valence-electron chi connectivity index (χ2n) is 5.90. The number of primary amides is 1. The highest BCUT2D eigenvalue weighted by Crippen LogP contribution is 2.44. The van der Waals surface area contributed by atoms with Gasteiger partial charge in [0.2, 0.25) is 11.1 Å². The van der Waals surface area contributed by atoms with Crippen molar-refractivity contribution in [2.24, 2.45) is 11.1 Å². The van der Waals surface area contributed by atoms with Crippen LogP contribution in [-0.4, -0.2) is 32.9 Å². The molecule has 1 aliphatic carbocycles. The van der Waals surface area contributed by atoms with Gasteiger partial charge in [0.05, 0.1) is 10.8 Å². The summed E-state index contributed by atoms with van der Waals surface area (Å²) in [6, 6.07) is 0. The Kier molecular flexibility index (Phi) is 5.46. The normalized spacial score (nSPS) is 17.8. The molecule has 0 aliphatic heterocycles. The molecule has 1 fully saturated rings. The van der Waals surface area contributed by atoms with Gasteiger partial charge in [-0.2, -0.15) is 13.2 Å². The number of nitrogens with zero attached hydrogens (tertiary/aromatic N) is 2. The van der Waals surface area contributed by atoms with Crippen molar-refractivity contribution in [2.45, 2.75) is 43.4 Å². The maximum absolute atomic E-state index is 13.0. The Balaban J connectivity index is 2.04. The molecule has 0 saturated heterocycles. The van der Waals surface area contributed by atoms with Crippen molar-refractivity contribution in [1.29, 1.82) is 0 Å². The number of nitrogens with two attached hydrogens (primary N) is 1. The van der Waals surface area contributed by atoms with Gasteiger partial charge in [0, 0.05) is 24.4 Å². The fourth-order valence-electron chi connectivity index (χ4n) is 2.70. The SMILES string of the molecule is CS(=O)c1ncc(C(F)(F)F)c(NCCCC2(C(N)=O)CCC2)n1. The summed E-state index contributed by atoms with van der Waals surface area (Å²) in [4.78, 5) is 18.7. The number of nitrogens with one attached hydrogen (secondary N) is 1. The van der Waals surface area contributed by atoms with E-state index in [0.717, 1.165) is 19.3 Å². The number of alkyl halides is 3. The summed E-state index contributed by atoms with van der Waals surface area (Å²) < 4.78 is 50.3. The Morgan fingerprint density at radius 2 is 2.12 bits per heavy atom. The monoisotopic (exact) mass is 364 g/mol. The van der Waals surface area contributed by atoms with Crippen LogP contribution in [0.4, 0.5) is 19.0 Å². The number of aromatic nitrogens is 2. The molecule has 0 radical (unpaired) electrons. The molecule has 2 rings (SSSR count). The van der Waals surface area contributed by atoms with Crippen LogP contribution in [0.15, 0.2) is 11.4 Å². The summed E-state index contributed by atoms with van der Waals surface area (Å²) in [5.41, 5.74) is 3.87. The quantitative estimate of drug-likeness (QED) is 0.570. The molecule has 1 heterocycles. The minimum absolute atomic E-state index is 0.168. The van der Waals surface area contributed by atoms with Crippen LogP contribution in [0.2, 0.25) is 0 Å². The molecule has 1 amide bonds. The third kappa shape index (κ3) is 4.03. The first kappa shape index (κ1) is 18.6. The number of hydrogen-bond acceptors (Lipinski definition) is 5. The van der Waals surface area contributed by atoms with E-state index >= 15 is 0 Å². The second-order valence-corrected chi connectivity index (χ2v) is 7.17. The van der Waals surface area contributed by atoms with Gasteiger partial charge in [0.1, 0.15) is 11.4 Å². The standard InChI is InChI=1S/C14H19F3N4O2S/c1-24(23)12-20-8-9(14(15,16)17)10(21-12)19-7-3-6-13(11(18)22)4-2-5-13/h8H,2-7H2,1H3,(H2,18,22)(H,19,20,21). The van der Waals surface area contributed by atoms with Crippen LogP contribution in [0.3, 0.4) is 0 Å². The van der Waals surface area contributed by atoms with Gasteiger partial charge in [-0.05, 0) is 25.7 Å². The van der Waals surface area contributed by atoms with Crippen molar-refractivity contribution in [2.75, 3.05) is 18.1 Å². The Morgan fingerprint density at radius 1 is 1.46 bits per heavy atom. The lowest BCUT2D eigenvalue weighted by Gasteiger charge is -2.38. The molecular weight excluding hydrogens is 345 g/mol. The zero-order valence-electron chi connectivity index (χ0n) is 13.2. The fraction of sp³-hybridized carbons (Fsp3) is 0.643. The first-order valence-corrected chi connectivity index (χ1v) is 9.03. The molecule has 10 heteroatoms. The number of carbonyl (C=O) groups is 1. The van der Waals surface area contributed by atoms with Gasteiger partial charge in [-0.25, -0.2) is 9.97 Å². The van der Waals surface area contributed by atoms with Gasteiger partial charge in [0.25, 0.3) is 0 Å². The zero-order valence-corrected chi connectivity index (χ0v) is 14.0. The average Bonchev–Trinajstić information content (AvgIpc) is 2.43. The molecule has 1 aromatic heterocycles. The van der Waals surface area contributed by atoms with E-state index in [1.807, 2.05) is 0 Å². The van der Waals surface area contributed by atoms with E-state index in [1.165, 1.54) is 6.26 Å². The van der Waals surface area contributed by atoms with E-state index in [2.05, 4.69) is 15.3 Å². The van der Waals surface area contributed by atoms with E-state index in [1.54, 1.807) is 0 Å². The third-order valence-corrected chi connectivity index (χ3v) is 5.00. The molecule has 3 N–H and O–H groups in total. The molecule has 0 bridgehead atoms. The molecule has 134 valence electrons. The van der Waals surface area contributed by atoms with E-state index in [0.29, 0.717) is 19.0 Å². The predicted molar refractivity (Wildman–Crippen MR) is 82.6 cm³/mol. The van der Waals surface area contributed by atoms with E-state index in [9.17, 15) is 22.2 Å². The molecule has 0 aromatic carbocycles. The maximum Gasteiger partial charge on any atom is 0.421 e. The number of carbonyl (C=O) groups excluding carboxylic acids is 1. The van der Waals surface area contributed by atoms with Gasteiger partial charge in [-0.1, -0.05) is 6.42 Å². The van der Waals surface area contributed by atoms with Crippen LogP contribution in [0.1, 0.15) is 37.7 Å². The minimum atomic E-state index is -4.61. The summed E-state index contributed by atoms with van der Waals surface area (Å²) in [6.07, 6.45) is 0.696. The van der Waals surface area contributed by atoms with Crippen LogP contribution in [0, 0.1) is 5.41 Å². The highest BCUT2D eigenvalue weighted by Gasteiger charge is 2.41. The van der Waals surface area contributed by atoms with Gasteiger partial charge >= 0.3 is 6.18 Å². The van der Waals surface area contributed by atoms with Crippen molar-refractivity contribution in [3.8, 4) is 0 Å². The van der Waals surface area contributed by atoms with Gasteiger partial charge in [0.15, 0.2) is 0 Å². The summed E-state index contributed by atoms with van der Waals surface area (Å²) in [7, 11) is -1.58. The Morgan fingerprint density at radius 3 is 2.58 bits per heavy atom. The topological polar surface area (TPSA) is 98.0 Å². The van der Waals surface area contributed by atoms with E-state index < -0.39 is 33.8 Å². The van der Waals surface area contributed by atoms with Crippen molar-refractivity contribution in [3.05, 3.63) is 11.8 Å². The number of anilines is 1. The Bertz CT molecular complexity index is 647. The van der Waals surface area contributed by atoms with Crippen LogP contribution in [0.5, 0.6) is 0 Å². The molecule has 1 aromatic rings. The van der Waals surface area contributed by atoms with Crippen LogP contribution < -0.4 is 11.1 Å². The van der Waals surface area contributed by atoms with E-state index in [4.69, 9.17) is 5.73 Å². The third-order valence-electron chi connectivity index (χ3n) is 4.29. The smallest absolute Gasteiger partial charge is 0.369 e. The van der Waals surface area contributed by atoms with Crippen molar-refractivity contribution < 1.29 is 22.2 Å². The molecule has 0 spiro atoms. The van der Waals surface area contributed by atoms with Crippen molar-refractivity contribution >= 4 is 22.5 Å². The lowest BCUT2D eigenvalue weighted by atomic mass is 9.65. The van der Waals surface area contributed by atoms with Crippen LogP contribution in [-0.2, 0) is 21.8 Å². The Hall–Kier alpha value is -1.71. The molecular formula is C14H19F3N4O2S. The highest BCUT2D eigenvalue weighted by atomic mass is 32.2. The van der Waals surface area contributed by atoms with E-state index in [-0.39, 0.29) is 17.6 Å². The number of hydrogen-bond donors (Lipinski definition) is 2. The van der Waals surface area contributed by atoms with Crippen molar-refractivity contribution in [1.82, 2.24) is 9.97 Å². The largest absolute Gasteiger partial charge is 0.421 e. The summed E-state index contributed by atoms with van der Waals surface area (Å²) in [6.45, 7) is 0.199. The molecule has 6 nitrogen and oxygen atoms in total. The summed E-state index contributed by atoms with van der Waals surface area (Å²) in [5.74, 6) is -0.750. The number of amides is 1. The van der Waals surface area contributed by atoms with Gasteiger partial charge < -0.3 is 11.1 Å². The molecule has 1 saturated carbocycles. The van der Waals surface area contributed by atoms with Crippen molar-refractivity contribution in [3.63, 3.8) is 0 Å². The average molecular weight is 364 g/mol. The highest BCUT2D eigenvalue weighted by molar-refractivity contribution is 7.84. The minimum Gasteiger partial charge on any atom is -0.369 e. The maximum atomic E-state index is 13.0. The molecule has 1 atom stereocenters. The number of halogens is 3. The molecule has 1 unspecified atom stereocenters. The fourth-order valence-corrected chi connectivity index (χ4v) is 3.12.